The molecular weight excluding hydrogens is 196 g/mol. The average molecular weight is 212 g/mol. The third-order valence-electron chi connectivity index (χ3n) is 3.09. The number of benzene rings is 1. The van der Waals surface area contributed by atoms with Crippen LogP contribution in [0.25, 0.3) is 10.9 Å². The number of aryl methyl sites for hydroxylation is 1. The van der Waals surface area contributed by atoms with Crippen molar-refractivity contribution in [2.75, 3.05) is 0 Å². The van der Waals surface area contributed by atoms with Crippen molar-refractivity contribution in [3.05, 3.63) is 41.6 Å². The van der Waals surface area contributed by atoms with E-state index in [0.717, 1.165) is 23.8 Å². The Balaban J connectivity index is 1.99. The molecular formula is C14H16N2. The second-order valence-corrected chi connectivity index (χ2v) is 4.60. The lowest BCUT2D eigenvalue weighted by Gasteiger charge is -2.08. The van der Waals surface area contributed by atoms with Gasteiger partial charge in [0, 0.05) is 23.7 Å². The van der Waals surface area contributed by atoms with E-state index in [1.807, 2.05) is 6.07 Å². The summed E-state index contributed by atoms with van der Waals surface area (Å²) in [7, 11) is 0. The first-order chi connectivity index (χ1) is 7.83. The monoisotopic (exact) mass is 212 g/mol. The standard InChI is InChI=1S/C14H16N2/c1-10-8-11(9-15-12-6-7-12)13-4-2-3-5-14(13)16-10/h2-5,8,12,15H,6-7,9H2,1H3. The number of rotatable bonds is 3. The maximum absolute atomic E-state index is 4.55. The molecule has 1 fully saturated rings. The maximum Gasteiger partial charge on any atom is 0.0708 e. The summed E-state index contributed by atoms with van der Waals surface area (Å²) in [6.45, 7) is 3.03. The molecule has 0 bridgehead atoms. The molecule has 82 valence electrons. The van der Waals surface area contributed by atoms with E-state index in [0.29, 0.717) is 0 Å². The van der Waals surface area contributed by atoms with E-state index in [4.69, 9.17) is 0 Å². The highest BCUT2D eigenvalue weighted by Crippen LogP contribution is 2.22. The summed E-state index contributed by atoms with van der Waals surface area (Å²) in [6.07, 6.45) is 2.67. The molecule has 0 amide bonds. The molecule has 1 saturated carbocycles. The molecule has 0 unspecified atom stereocenters. The van der Waals surface area contributed by atoms with Crippen molar-refractivity contribution in [1.29, 1.82) is 0 Å². The zero-order chi connectivity index (χ0) is 11.0. The topological polar surface area (TPSA) is 24.9 Å². The van der Waals surface area contributed by atoms with Gasteiger partial charge in [0.15, 0.2) is 0 Å². The molecule has 1 N–H and O–H groups in total. The average Bonchev–Trinajstić information content (AvgIpc) is 3.09. The quantitative estimate of drug-likeness (QED) is 0.846. The third-order valence-corrected chi connectivity index (χ3v) is 3.09. The van der Waals surface area contributed by atoms with E-state index in [9.17, 15) is 0 Å². The molecule has 0 atom stereocenters. The van der Waals surface area contributed by atoms with Crippen LogP contribution in [0, 0.1) is 6.92 Å². The van der Waals surface area contributed by atoms with E-state index in [1.165, 1.54) is 23.8 Å². The van der Waals surface area contributed by atoms with Crippen molar-refractivity contribution in [2.24, 2.45) is 0 Å². The number of hydrogen-bond acceptors (Lipinski definition) is 2. The van der Waals surface area contributed by atoms with Crippen molar-refractivity contribution in [3.63, 3.8) is 0 Å². The van der Waals surface area contributed by atoms with Crippen LogP contribution in [0.2, 0.25) is 0 Å². The first-order valence-electron chi connectivity index (χ1n) is 5.91. The first kappa shape index (κ1) is 9.79. The highest BCUT2D eigenvalue weighted by Gasteiger charge is 2.20. The van der Waals surface area contributed by atoms with Crippen LogP contribution in [0.4, 0.5) is 0 Å². The fraction of sp³-hybridized carbons (Fsp3) is 0.357. The molecule has 1 aromatic carbocycles. The summed E-state index contributed by atoms with van der Waals surface area (Å²) in [6, 6.07) is 11.3. The number of nitrogens with one attached hydrogen (secondary N) is 1. The van der Waals surface area contributed by atoms with Gasteiger partial charge in [0.05, 0.1) is 5.52 Å². The Morgan fingerprint density at radius 3 is 2.94 bits per heavy atom. The van der Waals surface area contributed by atoms with E-state index in [1.54, 1.807) is 0 Å². The van der Waals surface area contributed by atoms with E-state index >= 15 is 0 Å². The van der Waals surface area contributed by atoms with Gasteiger partial charge in [0.2, 0.25) is 0 Å². The Morgan fingerprint density at radius 1 is 1.31 bits per heavy atom. The molecule has 0 saturated heterocycles. The van der Waals surface area contributed by atoms with Crippen LogP contribution in [0.5, 0.6) is 0 Å². The summed E-state index contributed by atoms with van der Waals surface area (Å²) in [5, 5.41) is 4.84. The minimum atomic E-state index is 0.757. The predicted octanol–water partition coefficient (Wildman–Crippen LogP) is 2.80. The highest BCUT2D eigenvalue weighted by molar-refractivity contribution is 5.82. The summed E-state index contributed by atoms with van der Waals surface area (Å²) in [5.74, 6) is 0. The fourth-order valence-corrected chi connectivity index (χ4v) is 2.08. The van der Waals surface area contributed by atoms with Gasteiger partial charge in [0.25, 0.3) is 0 Å². The lowest BCUT2D eigenvalue weighted by molar-refractivity contribution is 0.690. The number of nitrogens with zero attached hydrogens (tertiary/aromatic N) is 1. The fourth-order valence-electron chi connectivity index (χ4n) is 2.08. The van der Waals surface area contributed by atoms with Gasteiger partial charge in [-0.2, -0.15) is 0 Å². The van der Waals surface area contributed by atoms with Crippen LogP contribution in [-0.2, 0) is 6.54 Å². The number of pyridine rings is 1. The summed E-state index contributed by atoms with van der Waals surface area (Å²) < 4.78 is 0. The van der Waals surface area contributed by atoms with Crippen molar-refractivity contribution >= 4 is 10.9 Å². The van der Waals surface area contributed by atoms with Gasteiger partial charge in [0.1, 0.15) is 0 Å². The Labute approximate surface area is 95.7 Å². The maximum atomic E-state index is 4.55. The molecule has 2 heteroatoms. The molecule has 0 spiro atoms. The second-order valence-electron chi connectivity index (χ2n) is 4.60. The normalized spacial score (nSPS) is 15.6. The van der Waals surface area contributed by atoms with Crippen LogP contribution in [0.3, 0.4) is 0 Å². The number of hydrogen-bond donors (Lipinski definition) is 1. The number of fused-ring (bicyclic) bond motifs is 1. The number of aromatic nitrogens is 1. The number of para-hydroxylation sites is 1. The lowest BCUT2D eigenvalue weighted by atomic mass is 10.1. The molecule has 16 heavy (non-hydrogen) atoms. The van der Waals surface area contributed by atoms with Crippen molar-refractivity contribution in [1.82, 2.24) is 10.3 Å². The molecule has 3 rings (SSSR count). The predicted molar refractivity (Wildman–Crippen MR) is 66.3 cm³/mol. The van der Waals surface area contributed by atoms with Crippen molar-refractivity contribution < 1.29 is 0 Å². The summed E-state index contributed by atoms with van der Waals surface area (Å²) in [5.41, 5.74) is 3.58. The zero-order valence-corrected chi connectivity index (χ0v) is 9.53. The van der Waals surface area contributed by atoms with Crippen LogP contribution in [0.15, 0.2) is 30.3 Å². The van der Waals surface area contributed by atoms with E-state index in [-0.39, 0.29) is 0 Å². The Hall–Kier alpha value is -1.41. The molecule has 1 aromatic heterocycles. The molecule has 0 aliphatic heterocycles. The third kappa shape index (κ3) is 1.93. The summed E-state index contributed by atoms with van der Waals surface area (Å²) >= 11 is 0. The van der Waals surface area contributed by atoms with E-state index < -0.39 is 0 Å². The van der Waals surface area contributed by atoms with Gasteiger partial charge < -0.3 is 5.32 Å². The molecule has 2 aromatic rings. The van der Waals surface area contributed by atoms with Gasteiger partial charge in [-0.1, -0.05) is 18.2 Å². The van der Waals surface area contributed by atoms with Crippen LogP contribution < -0.4 is 5.32 Å². The highest BCUT2D eigenvalue weighted by atomic mass is 14.9. The smallest absolute Gasteiger partial charge is 0.0708 e. The molecule has 0 radical (unpaired) electrons. The molecule has 1 aliphatic carbocycles. The Bertz CT molecular complexity index is 515. The van der Waals surface area contributed by atoms with Gasteiger partial charge in [-0.25, -0.2) is 0 Å². The Morgan fingerprint density at radius 2 is 2.12 bits per heavy atom. The minimum absolute atomic E-state index is 0.757. The Kier molecular flexibility index (Phi) is 2.37. The van der Waals surface area contributed by atoms with E-state index in [2.05, 4.69) is 41.5 Å². The van der Waals surface area contributed by atoms with Crippen molar-refractivity contribution in [2.45, 2.75) is 32.4 Å². The van der Waals surface area contributed by atoms with Gasteiger partial charge in [-0.05, 0) is 37.5 Å². The van der Waals surface area contributed by atoms with Crippen LogP contribution >= 0.6 is 0 Å². The van der Waals surface area contributed by atoms with Crippen LogP contribution in [-0.4, -0.2) is 11.0 Å². The minimum Gasteiger partial charge on any atom is -0.310 e. The van der Waals surface area contributed by atoms with Gasteiger partial charge in [-0.3, -0.25) is 4.98 Å². The largest absolute Gasteiger partial charge is 0.310 e. The second kappa shape index (κ2) is 3.87. The molecule has 2 nitrogen and oxygen atoms in total. The van der Waals surface area contributed by atoms with Gasteiger partial charge >= 0.3 is 0 Å². The lowest BCUT2D eigenvalue weighted by Crippen LogP contribution is -2.15. The molecule has 1 aliphatic rings. The zero-order valence-electron chi connectivity index (χ0n) is 9.53. The first-order valence-corrected chi connectivity index (χ1v) is 5.91. The van der Waals surface area contributed by atoms with Crippen molar-refractivity contribution in [3.8, 4) is 0 Å². The van der Waals surface area contributed by atoms with Crippen LogP contribution in [0.1, 0.15) is 24.1 Å². The SMILES string of the molecule is Cc1cc(CNC2CC2)c2ccccc2n1. The summed E-state index contributed by atoms with van der Waals surface area (Å²) in [4.78, 5) is 4.55. The van der Waals surface area contributed by atoms with Gasteiger partial charge in [-0.15, -0.1) is 0 Å². The molecule has 1 heterocycles.